The summed E-state index contributed by atoms with van der Waals surface area (Å²) >= 11 is 0. The van der Waals surface area contributed by atoms with Crippen molar-refractivity contribution in [2.75, 3.05) is 39.3 Å². The fraction of sp³-hybridized carbons (Fsp3) is 0.574. The molecule has 0 bridgehead atoms. The number of aliphatic imine (C=N–C) groups is 3. The minimum absolute atomic E-state index is 0.00158. The molecular weight excluding hydrogens is 1280 g/mol. The van der Waals surface area contributed by atoms with Crippen molar-refractivity contribution < 1.29 is 57.8 Å². The first-order valence-corrected chi connectivity index (χ1v) is 33.7. The molecule has 2 aromatic carbocycles. The number of guanidine groups is 3. The normalized spacial score (nSPS) is 22.0. The topological polar surface area (TPSA) is 565 Å². The molecule has 26 N–H and O–H groups in total. The molecular formula is C61H97N21O12S2. The van der Waals surface area contributed by atoms with E-state index in [0.29, 0.717) is 24.0 Å². The molecule has 33 nitrogen and oxygen atoms in total. The lowest BCUT2D eigenvalue weighted by atomic mass is 9.96. The van der Waals surface area contributed by atoms with Gasteiger partial charge in [-0.3, -0.25) is 67.7 Å². The van der Waals surface area contributed by atoms with E-state index in [2.05, 4.69) is 62.8 Å². The van der Waals surface area contributed by atoms with Crippen LogP contribution < -0.4 is 93.7 Å². The number of nitrogens with one attached hydrogen (secondary N) is 9. The lowest BCUT2D eigenvalue weighted by Crippen LogP contribution is -2.63. The summed E-state index contributed by atoms with van der Waals surface area (Å²) in [6.45, 7) is 8.66. The molecule has 0 radical (unpaired) electrons. The van der Waals surface area contributed by atoms with Gasteiger partial charge in [-0.25, -0.2) is 0 Å². The second kappa shape index (κ2) is 38.4. The molecule has 2 aliphatic rings. The molecule has 11 amide bonds. The summed E-state index contributed by atoms with van der Waals surface area (Å²) < 4.78 is -2.86. The first-order valence-electron chi connectivity index (χ1n) is 31.6. The number of aromatic hydroxyl groups is 1. The summed E-state index contributed by atoms with van der Waals surface area (Å²) in [5.41, 5.74) is 47.1. The zero-order valence-electron chi connectivity index (χ0n) is 55.2. The van der Waals surface area contributed by atoms with Crippen LogP contribution in [0.5, 0.6) is 5.75 Å². The maximum atomic E-state index is 15.4. The third kappa shape index (κ3) is 26.2. The van der Waals surface area contributed by atoms with Crippen LogP contribution in [-0.4, -0.2) is 196 Å². The number of phenols is 1. The largest absolute Gasteiger partial charge is 0.508 e. The predicted octanol–water partition coefficient (Wildman–Crippen LogP) is -4.23. The molecule has 2 heterocycles. The van der Waals surface area contributed by atoms with E-state index in [4.69, 9.17) is 45.9 Å². The number of amides is 11. The van der Waals surface area contributed by atoms with Crippen LogP contribution in [0.25, 0.3) is 0 Å². The van der Waals surface area contributed by atoms with E-state index in [1.807, 2.05) is 0 Å². The van der Waals surface area contributed by atoms with Crippen LogP contribution in [0.15, 0.2) is 69.6 Å². The number of phenolic OH excluding ortho intramolecular Hbond substituents is 1. The smallest absolute Gasteiger partial charge is 0.245 e. The van der Waals surface area contributed by atoms with Gasteiger partial charge in [0.25, 0.3) is 0 Å². The number of rotatable bonds is 27. The van der Waals surface area contributed by atoms with E-state index < -0.39 is 148 Å². The monoisotopic (exact) mass is 1380 g/mol. The Morgan fingerprint density at radius 3 is 1.69 bits per heavy atom. The maximum Gasteiger partial charge on any atom is 0.245 e. The second-order valence-corrected chi connectivity index (χ2v) is 28.0. The number of carbonyl (C=O) groups excluding carboxylic acids is 11. The van der Waals surface area contributed by atoms with Crippen LogP contribution in [0, 0.1) is 5.92 Å². The van der Waals surface area contributed by atoms with Crippen molar-refractivity contribution in [1.82, 2.24) is 52.8 Å². The number of benzene rings is 2. The van der Waals surface area contributed by atoms with Gasteiger partial charge in [0.15, 0.2) is 17.9 Å². The fourth-order valence-electron chi connectivity index (χ4n) is 10.3. The van der Waals surface area contributed by atoms with Gasteiger partial charge < -0.3 is 104 Å². The van der Waals surface area contributed by atoms with Gasteiger partial charge in [-0.2, -0.15) is 0 Å². The van der Waals surface area contributed by atoms with Crippen LogP contribution in [0.4, 0.5) is 0 Å². The molecule has 2 aromatic rings. The van der Waals surface area contributed by atoms with Gasteiger partial charge in [0.2, 0.25) is 65.0 Å². The van der Waals surface area contributed by atoms with Gasteiger partial charge in [-0.1, -0.05) is 84.3 Å². The Balaban J connectivity index is 1.83. The van der Waals surface area contributed by atoms with Gasteiger partial charge in [-0.15, -0.1) is 0 Å². The lowest BCUT2D eigenvalue weighted by molar-refractivity contribution is -0.143. The van der Waals surface area contributed by atoms with Gasteiger partial charge in [0, 0.05) is 42.1 Å². The number of carbonyl (C=O) groups is 11. The zero-order chi connectivity index (χ0) is 71.5. The lowest BCUT2D eigenvalue weighted by Gasteiger charge is -2.39. The molecule has 0 aromatic heterocycles. The summed E-state index contributed by atoms with van der Waals surface area (Å²) in [7, 11) is 1.99. The third-order valence-electron chi connectivity index (χ3n) is 15.9. The van der Waals surface area contributed by atoms with E-state index in [1.54, 1.807) is 84.0 Å². The molecule has 0 aliphatic carbocycles. The Bertz CT molecular complexity index is 3110. The molecule has 2 fully saturated rings. The number of fused-ring (bicyclic) bond motifs is 1. The van der Waals surface area contributed by atoms with Crippen LogP contribution in [-0.2, 0) is 65.6 Å². The maximum absolute atomic E-state index is 15.4. The van der Waals surface area contributed by atoms with Crippen LogP contribution in [0.1, 0.15) is 110 Å². The van der Waals surface area contributed by atoms with E-state index in [0.717, 1.165) is 21.6 Å². The van der Waals surface area contributed by atoms with Crippen molar-refractivity contribution >= 4 is 104 Å². The molecule has 4 rings (SSSR count). The standard InChI is InChI=1S/C61H97N21O12S2/c1-7-33(2)45-54(92)78-40(19-13-27-72-59(68)69)56(94)82-28-14-20-42(82)53(91)80-46(48(63)86)60(3,4)95-96-61(5,6)47(55(93)77-38(17-11-25-70-57(64)65)50(88)76-39(51(89)79-45)18-12-26-71-58(66)67)81-52(90)41(30-34-15-9-8-10-16-34)75-44(85)32-73-43(84)31-74-49(87)37(62)29-35-21-23-36(83)24-22-35/h8-10,15-16,21-24,33,37-42,45-47,83H,7,11-14,17-20,25-32,62H2,1-6H3,(H2,63,86)(H,73,84)(H,74,87)(H,75,85)(H,76,88)(H,77,93)(H,78,92)(H,79,89)(H,80,91)(H,81,90)(H4,64,65,70)(H4,66,67,71)(H4,68,69,72)/t33-,37-,38?,39?,40-,41-,42-,45-,46-,47-/m0/s1. The summed E-state index contributed by atoms with van der Waals surface area (Å²) in [4.78, 5) is 171. The highest BCUT2D eigenvalue weighted by Crippen LogP contribution is 2.47. The Hall–Kier alpha value is -9.12. The molecule has 0 saturated carbocycles. The van der Waals surface area contributed by atoms with E-state index in [9.17, 15) is 48.3 Å². The van der Waals surface area contributed by atoms with Gasteiger partial charge >= 0.3 is 0 Å². The fourth-order valence-corrected chi connectivity index (χ4v) is 13.1. The van der Waals surface area contributed by atoms with Gasteiger partial charge in [0.05, 0.1) is 19.1 Å². The van der Waals surface area contributed by atoms with Crippen LogP contribution >= 0.6 is 21.6 Å². The van der Waals surface area contributed by atoms with Crippen molar-refractivity contribution in [3.05, 3.63) is 65.7 Å². The van der Waals surface area contributed by atoms with Gasteiger partial charge in [0.1, 0.15) is 54.1 Å². The summed E-state index contributed by atoms with van der Waals surface area (Å²) in [6.07, 6.45) is 0.748. The molecule has 2 aliphatic heterocycles. The SMILES string of the molecule is CC[C@H](C)[C@@H]1NC(=O)C(CCCN=C(N)N)NC(=O)C(CCCN=C(N)N)NC(=O)[C@H](NC(=O)[C@H](Cc2ccccc2)NC(=O)CNC(=O)CNC(=O)[C@@H](N)Cc2ccc(O)cc2)C(C)(C)SSC(C)(C)[C@H](C(N)=O)NC(=O)[C@@H]2CCCN2C(=O)[C@H](CCCN=C(N)N)NC1=O. The van der Waals surface area contributed by atoms with E-state index >= 15 is 9.59 Å². The Morgan fingerprint density at radius 2 is 1.14 bits per heavy atom. The van der Waals surface area contributed by atoms with Crippen LogP contribution in [0.3, 0.4) is 0 Å². The predicted molar refractivity (Wildman–Crippen MR) is 366 cm³/mol. The van der Waals surface area contributed by atoms with E-state index in [1.165, 1.54) is 17.0 Å². The minimum Gasteiger partial charge on any atom is -0.508 e. The number of hydrogen-bond donors (Lipinski definition) is 18. The minimum atomic E-state index is -1.67. The van der Waals surface area contributed by atoms with Crippen molar-refractivity contribution in [2.45, 2.75) is 176 Å². The Morgan fingerprint density at radius 1 is 0.625 bits per heavy atom. The number of primary amides is 1. The Kier molecular flexibility index (Phi) is 31.8. The van der Waals surface area contributed by atoms with Crippen molar-refractivity contribution in [3.63, 3.8) is 0 Å². The molecule has 2 unspecified atom stereocenters. The zero-order valence-corrected chi connectivity index (χ0v) is 56.8. The first-order chi connectivity index (χ1) is 45.2. The highest BCUT2D eigenvalue weighted by atomic mass is 33.1. The van der Waals surface area contributed by atoms with E-state index in [-0.39, 0.29) is 108 Å². The number of nitrogens with two attached hydrogens (primary N) is 8. The highest BCUT2D eigenvalue weighted by molar-refractivity contribution is 8.77. The molecule has 96 heavy (non-hydrogen) atoms. The highest BCUT2D eigenvalue weighted by Gasteiger charge is 2.46. The third-order valence-corrected chi connectivity index (χ3v) is 20.1. The number of hydrogen-bond acceptors (Lipinski definition) is 18. The summed E-state index contributed by atoms with van der Waals surface area (Å²) in [5, 5.41) is 33.7. The van der Waals surface area contributed by atoms with Crippen molar-refractivity contribution in [1.29, 1.82) is 0 Å². The van der Waals surface area contributed by atoms with Gasteiger partial charge in [-0.05, 0) is 115 Å². The Labute approximate surface area is 566 Å². The van der Waals surface area contributed by atoms with Crippen molar-refractivity contribution in [2.24, 2.45) is 66.8 Å². The second-order valence-electron chi connectivity index (χ2n) is 24.5. The molecule has 2 saturated heterocycles. The molecule has 35 heteroatoms. The molecule has 530 valence electrons. The summed E-state index contributed by atoms with van der Waals surface area (Å²) in [5.74, 6) is -10.4. The van der Waals surface area contributed by atoms with Crippen molar-refractivity contribution in [3.8, 4) is 5.75 Å². The quantitative estimate of drug-likeness (QED) is 0.0174. The first kappa shape index (κ1) is 79.3. The average Bonchev–Trinajstić information content (AvgIpc) is 1.20. The van der Waals surface area contributed by atoms with Crippen LogP contribution in [0.2, 0.25) is 0 Å². The number of nitrogens with zero attached hydrogens (tertiary/aromatic N) is 4. The summed E-state index contributed by atoms with van der Waals surface area (Å²) in [6, 6.07) is 2.09. The molecule has 10 atom stereocenters. The molecule has 0 spiro atoms. The average molecular weight is 1380 g/mol.